The first-order valence-electron chi connectivity index (χ1n) is 10.3. The van der Waals surface area contributed by atoms with Crippen LogP contribution in [0.5, 0.6) is 0 Å². The third-order valence-corrected chi connectivity index (χ3v) is 8.08. The molecule has 152 valence electrons. The van der Waals surface area contributed by atoms with Gasteiger partial charge in [-0.05, 0) is 56.8 Å². The summed E-state index contributed by atoms with van der Waals surface area (Å²) in [6.07, 6.45) is 5.16. The number of rotatable bonds is 4. The topological polar surface area (TPSA) is 60.9 Å². The first kappa shape index (κ1) is 19.6. The summed E-state index contributed by atoms with van der Waals surface area (Å²) in [5, 5.41) is 0. The number of carbonyl (C=O) groups excluding carboxylic acids is 1. The lowest BCUT2D eigenvalue weighted by Crippen LogP contribution is -2.48. The van der Waals surface area contributed by atoms with E-state index in [1.165, 1.54) is 5.57 Å². The Bertz CT molecular complexity index is 907. The highest BCUT2D eigenvalue weighted by Crippen LogP contribution is 2.42. The summed E-state index contributed by atoms with van der Waals surface area (Å²) in [7, 11) is -1.78. The number of amides is 1. The minimum atomic E-state index is -3.55. The highest BCUT2D eigenvalue weighted by atomic mass is 32.2. The molecule has 0 N–H and O–H groups in total. The fourth-order valence-corrected chi connectivity index (χ4v) is 6.06. The number of nitrogens with zero attached hydrogens (tertiary/aromatic N) is 3. The van der Waals surface area contributed by atoms with Gasteiger partial charge in [0.25, 0.3) is 5.91 Å². The standard InChI is InChI=1S/C21H29N3O3S/c1-3-10-23-11-13-24(14-12-23)28(26,27)17-8-9-19-18(15-17)20(21(25)22(19)2)16-6-4-5-7-16/h8-9,15H,3-7,10-14H2,1-2H3. The monoisotopic (exact) mass is 403 g/mol. The molecule has 1 saturated heterocycles. The van der Waals surface area contributed by atoms with E-state index in [0.29, 0.717) is 18.0 Å². The van der Waals surface area contributed by atoms with E-state index in [2.05, 4.69) is 11.8 Å². The molecule has 3 aliphatic rings. The molecule has 1 saturated carbocycles. The Balaban J connectivity index is 1.66. The predicted octanol–water partition coefficient (Wildman–Crippen LogP) is 2.71. The number of hydrogen-bond acceptors (Lipinski definition) is 4. The zero-order valence-corrected chi connectivity index (χ0v) is 17.6. The van der Waals surface area contributed by atoms with Crippen molar-refractivity contribution < 1.29 is 13.2 Å². The molecule has 28 heavy (non-hydrogen) atoms. The van der Waals surface area contributed by atoms with Gasteiger partial charge in [0.1, 0.15) is 0 Å². The van der Waals surface area contributed by atoms with Crippen LogP contribution in [0.4, 0.5) is 5.69 Å². The van der Waals surface area contributed by atoms with Crippen LogP contribution >= 0.6 is 0 Å². The minimum absolute atomic E-state index is 0.00497. The van der Waals surface area contributed by atoms with Gasteiger partial charge < -0.3 is 9.80 Å². The number of benzene rings is 1. The van der Waals surface area contributed by atoms with Gasteiger partial charge in [-0.2, -0.15) is 4.31 Å². The average molecular weight is 404 g/mol. The average Bonchev–Trinajstić information content (AvgIpc) is 3.29. The Labute approximate surface area is 167 Å². The van der Waals surface area contributed by atoms with Gasteiger partial charge in [0, 0.05) is 44.4 Å². The molecule has 0 radical (unpaired) electrons. The molecule has 1 amide bonds. The van der Waals surface area contributed by atoms with Crippen molar-refractivity contribution in [1.82, 2.24) is 9.21 Å². The molecular formula is C21H29N3O3S. The Kier molecular flexibility index (Phi) is 5.33. The van der Waals surface area contributed by atoms with Crippen molar-refractivity contribution in [2.24, 2.45) is 0 Å². The van der Waals surface area contributed by atoms with E-state index in [4.69, 9.17) is 0 Å². The first-order chi connectivity index (χ1) is 13.4. The van der Waals surface area contributed by atoms with Crippen LogP contribution in [-0.2, 0) is 14.8 Å². The van der Waals surface area contributed by atoms with Crippen LogP contribution in [0.15, 0.2) is 28.7 Å². The molecule has 0 aromatic heterocycles. The number of sulfonamides is 1. The molecule has 1 aliphatic carbocycles. The van der Waals surface area contributed by atoms with Crippen molar-refractivity contribution >= 4 is 27.2 Å². The Morgan fingerprint density at radius 1 is 1.04 bits per heavy atom. The highest BCUT2D eigenvalue weighted by molar-refractivity contribution is 7.89. The van der Waals surface area contributed by atoms with Gasteiger partial charge in [0.15, 0.2) is 0 Å². The van der Waals surface area contributed by atoms with E-state index in [1.54, 1.807) is 34.5 Å². The molecule has 2 fully saturated rings. The molecule has 1 aromatic rings. The van der Waals surface area contributed by atoms with Gasteiger partial charge in [0.05, 0.1) is 10.6 Å². The van der Waals surface area contributed by atoms with E-state index in [9.17, 15) is 13.2 Å². The van der Waals surface area contributed by atoms with Gasteiger partial charge >= 0.3 is 0 Å². The number of anilines is 1. The van der Waals surface area contributed by atoms with E-state index in [0.717, 1.165) is 68.6 Å². The molecule has 1 aromatic carbocycles. The zero-order valence-electron chi connectivity index (χ0n) is 16.8. The quantitative estimate of drug-likeness (QED) is 0.726. The normalized spacial score (nSPS) is 21.6. The van der Waals surface area contributed by atoms with E-state index >= 15 is 0 Å². The number of hydrogen-bond donors (Lipinski definition) is 0. The summed E-state index contributed by atoms with van der Waals surface area (Å²) in [6, 6.07) is 5.17. The van der Waals surface area contributed by atoms with Crippen LogP contribution < -0.4 is 4.90 Å². The Morgan fingerprint density at radius 2 is 1.71 bits per heavy atom. The molecule has 4 rings (SSSR count). The van der Waals surface area contributed by atoms with Crippen LogP contribution in [0, 0.1) is 0 Å². The summed E-state index contributed by atoms with van der Waals surface area (Å²) in [4.78, 5) is 17.1. The fraction of sp³-hybridized carbons (Fsp3) is 0.571. The van der Waals surface area contributed by atoms with Crippen LogP contribution in [0.25, 0.3) is 5.57 Å². The predicted molar refractivity (Wildman–Crippen MR) is 111 cm³/mol. The van der Waals surface area contributed by atoms with Crippen LogP contribution in [0.3, 0.4) is 0 Å². The number of fused-ring (bicyclic) bond motifs is 1. The van der Waals surface area contributed by atoms with Gasteiger partial charge in [0.2, 0.25) is 10.0 Å². The summed E-state index contributed by atoms with van der Waals surface area (Å²) >= 11 is 0. The minimum Gasteiger partial charge on any atom is -0.311 e. The van der Waals surface area contributed by atoms with Crippen LogP contribution in [0.1, 0.15) is 44.6 Å². The van der Waals surface area contributed by atoms with Crippen molar-refractivity contribution in [2.45, 2.75) is 43.9 Å². The van der Waals surface area contributed by atoms with Gasteiger partial charge in [-0.3, -0.25) is 4.79 Å². The lowest BCUT2D eigenvalue weighted by Gasteiger charge is -2.33. The third-order valence-electron chi connectivity index (χ3n) is 6.19. The number of allylic oxidation sites excluding steroid dienone is 1. The number of carbonyl (C=O) groups is 1. The van der Waals surface area contributed by atoms with Gasteiger partial charge in [-0.1, -0.05) is 12.5 Å². The molecule has 7 heteroatoms. The third kappa shape index (κ3) is 3.29. The maximum atomic E-state index is 13.2. The number of likely N-dealkylation sites (N-methyl/N-ethyl adjacent to an activating group) is 1. The summed E-state index contributed by atoms with van der Waals surface area (Å²) in [6.45, 7) is 5.74. The molecule has 6 nitrogen and oxygen atoms in total. The van der Waals surface area contributed by atoms with Gasteiger partial charge in [-0.25, -0.2) is 8.42 Å². The Morgan fingerprint density at radius 3 is 2.36 bits per heavy atom. The maximum Gasteiger partial charge on any atom is 0.258 e. The molecule has 0 bridgehead atoms. The fourth-order valence-electron chi connectivity index (χ4n) is 4.61. The maximum absolute atomic E-state index is 13.2. The van der Waals surface area contributed by atoms with Crippen LogP contribution in [0.2, 0.25) is 0 Å². The summed E-state index contributed by atoms with van der Waals surface area (Å²) < 4.78 is 28.1. The smallest absolute Gasteiger partial charge is 0.258 e. The molecule has 2 heterocycles. The second kappa shape index (κ2) is 7.61. The largest absolute Gasteiger partial charge is 0.311 e. The van der Waals surface area contributed by atoms with Crippen molar-refractivity contribution in [2.75, 3.05) is 44.7 Å². The van der Waals surface area contributed by atoms with E-state index in [-0.39, 0.29) is 5.91 Å². The first-order valence-corrected chi connectivity index (χ1v) is 11.7. The lowest BCUT2D eigenvalue weighted by molar-refractivity contribution is -0.112. The number of piperazine rings is 1. The molecule has 2 aliphatic heterocycles. The summed E-state index contributed by atoms with van der Waals surface area (Å²) in [5.41, 5.74) is 3.51. The van der Waals surface area contributed by atoms with Crippen LogP contribution in [-0.4, -0.2) is 63.3 Å². The van der Waals surface area contributed by atoms with Crippen molar-refractivity contribution in [3.05, 3.63) is 29.3 Å². The van der Waals surface area contributed by atoms with E-state index < -0.39 is 10.0 Å². The molecule has 0 unspecified atom stereocenters. The van der Waals surface area contributed by atoms with Crippen molar-refractivity contribution in [3.63, 3.8) is 0 Å². The van der Waals surface area contributed by atoms with Crippen molar-refractivity contribution in [1.29, 1.82) is 0 Å². The van der Waals surface area contributed by atoms with E-state index in [1.807, 2.05) is 0 Å². The van der Waals surface area contributed by atoms with Gasteiger partial charge in [-0.15, -0.1) is 0 Å². The molecule has 0 spiro atoms. The molecule has 0 atom stereocenters. The summed E-state index contributed by atoms with van der Waals surface area (Å²) in [5.74, 6) is -0.00497. The second-order valence-electron chi connectivity index (χ2n) is 7.97. The molecular weight excluding hydrogens is 374 g/mol. The SMILES string of the molecule is CCCN1CCN(S(=O)(=O)c2ccc3c(c2)C(=C2CCCC2)C(=O)N3C)CC1. The second-order valence-corrected chi connectivity index (χ2v) is 9.91. The highest BCUT2D eigenvalue weighted by Gasteiger charge is 2.35. The van der Waals surface area contributed by atoms with Crippen molar-refractivity contribution in [3.8, 4) is 0 Å². The lowest BCUT2D eigenvalue weighted by atomic mass is 10.00. The zero-order chi connectivity index (χ0) is 19.9. The Hall–Kier alpha value is -1.70.